The van der Waals surface area contributed by atoms with Crippen molar-refractivity contribution in [3.05, 3.63) is 47.5 Å². The lowest BCUT2D eigenvalue weighted by Crippen LogP contribution is -2.54. The first-order valence-electron chi connectivity index (χ1n) is 12.9. The predicted octanol–water partition coefficient (Wildman–Crippen LogP) is 1.81. The Balaban J connectivity index is 0.000000707. The fourth-order valence-electron chi connectivity index (χ4n) is 4.15. The number of fused-ring (bicyclic) bond motifs is 1. The number of aryl methyl sites for hydroxylation is 1. The van der Waals surface area contributed by atoms with Crippen LogP contribution in [0, 0.1) is 18.6 Å². The van der Waals surface area contributed by atoms with E-state index in [2.05, 4.69) is 21.0 Å². The molecule has 1 saturated heterocycles. The highest BCUT2D eigenvalue weighted by molar-refractivity contribution is 5.89. The molecule has 3 heterocycles. The standard InChI is InChI=1S/C23H24F5N7O3.C2HF3O2/c1-12-15-8-13(24)9-16(25)19(15)38-18(12)20(23(26,27)28)33-22(37)32-14-10-30-21(31-11-14)35-6-4-34(5-7-35)17(36)2-3-29;3-2(4,5)1(6)7/h8-11,20H,2-7,29H2,1H3,(H2,32,33,37);(H,6,7)/t20-;/m1./s1. The molecule has 1 atom stereocenters. The Morgan fingerprint density at radius 3 is 2.13 bits per heavy atom. The summed E-state index contributed by atoms with van der Waals surface area (Å²) in [5, 5.41) is 12.6. The highest BCUT2D eigenvalue weighted by Gasteiger charge is 2.45. The second-order valence-corrected chi connectivity index (χ2v) is 9.46. The van der Waals surface area contributed by atoms with Crippen LogP contribution in [0.4, 0.5) is 51.6 Å². The highest BCUT2D eigenvalue weighted by Crippen LogP contribution is 2.39. The Labute approximate surface area is 248 Å². The number of piperazine rings is 1. The molecule has 5 N–H and O–H groups in total. The fraction of sp³-hybridized carbons (Fsp3) is 0.400. The Bertz CT molecular complexity index is 1520. The van der Waals surface area contributed by atoms with Crippen molar-refractivity contribution in [2.24, 2.45) is 0 Å². The van der Waals surface area contributed by atoms with Crippen LogP contribution in [0.1, 0.15) is 23.8 Å². The summed E-state index contributed by atoms with van der Waals surface area (Å²) < 4.78 is 106. The quantitative estimate of drug-likeness (QED) is 0.338. The minimum atomic E-state index is -5.19. The molecule has 0 unspecified atom stereocenters. The second-order valence-electron chi connectivity index (χ2n) is 9.46. The number of benzene rings is 1. The van der Waals surface area contributed by atoms with Crippen LogP contribution in [-0.2, 0) is 9.59 Å². The van der Waals surface area contributed by atoms with Crippen LogP contribution < -0.4 is 26.4 Å². The number of amides is 3. The molecule has 4 rings (SSSR count). The summed E-state index contributed by atoms with van der Waals surface area (Å²) in [5.74, 6) is -5.56. The SMILES string of the molecule is Cc1c([C@@H](NC(=O)Nc2cnc(N3CCN(C(=O)CC[NH3+])CC3)nc2)C(F)(F)F)oc2c(F)cc(F)cc12.O=C([O-])C(F)(F)F. The van der Waals surface area contributed by atoms with E-state index in [4.69, 9.17) is 14.3 Å². The van der Waals surface area contributed by atoms with Crippen molar-refractivity contribution in [3.63, 3.8) is 0 Å². The van der Waals surface area contributed by atoms with Gasteiger partial charge in [-0.1, -0.05) is 0 Å². The van der Waals surface area contributed by atoms with Gasteiger partial charge in [0.1, 0.15) is 17.5 Å². The van der Waals surface area contributed by atoms with Crippen molar-refractivity contribution < 1.29 is 64.8 Å². The van der Waals surface area contributed by atoms with E-state index >= 15 is 0 Å². The molecule has 3 aromatic rings. The maximum Gasteiger partial charge on any atom is 0.430 e. The van der Waals surface area contributed by atoms with E-state index in [1.807, 2.05) is 4.90 Å². The second kappa shape index (κ2) is 13.9. The number of furan rings is 1. The minimum Gasteiger partial charge on any atom is -0.542 e. The van der Waals surface area contributed by atoms with Gasteiger partial charge in [-0.3, -0.25) is 4.79 Å². The van der Waals surface area contributed by atoms with E-state index in [9.17, 15) is 44.7 Å². The number of carboxylic acid groups (broad SMARTS) is 1. The average molecular weight is 656 g/mol. The lowest BCUT2D eigenvalue weighted by Gasteiger charge is -2.34. The van der Waals surface area contributed by atoms with E-state index in [0.29, 0.717) is 51.2 Å². The number of nitrogens with one attached hydrogen (secondary N) is 2. The molecule has 1 aliphatic rings. The number of alkyl halides is 6. The Morgan fingerprint density at radius 2 is 1.62 bits per heavy atom. The van der Waals surface area contributed by atoms with E-state index in [1.165, 1.54) is 19.3 Å². The average Bonchev–Trinajstić information content (AvgIpc) is 3.27. The highest BCUT2D eigenvalue weighted by atomic mass is 19.4. The van der Waals surface area contributed by atoms with Gasteiger partial charge in [0.15, 0.2) is 17.4 Å². The van der Waals surface area contributed by atoms with Crippen LogP contribution in [0.3, 0.4) is 0 Å². The molecule has 45 heavy (non-hydrogen) atoms. The van der Waals surface area contributed by atoms with Crippen LogP contribution in [0.2, 0.25) is 0 Å². The van der Waals surface area contributed by atoms with Crippen molar-refractivity contribution in [3.8, 4) is 0 Å². The van der Waals surface area contributed by atoms with Crippen LogP contribution in [0.15, 0.2) is 28.9 Å². The topological polar surface area (TPSA) is 171 Å². The van der Waals surface area contributed by atoms with Gasteiger partial charge >= 0.3 is 18.4 Å². The maximum atomic E-state index is 14.1. The molecule has 0 aliphatic carbocycles. The van der Waals surface area contributed by atoms with Gasteiger partial charge in [-0.2, -0.15) is 26.3 Å². The number of nitrogens with zero attached hydrogens (tertiary/aromatic N) is 4. The molecule has 2 aromatic heterocycles. The summed E-state index contributed by atoms with van der Waals surface area (Å²) in [6.45, 7) is 3.68. The van der Waals surface area contributed by atoms with E-state index in [1.54, 1.807) is 10.2 Å². The monoisotopic (exact) mass is 655 g/mol. The molecule has 246 valence electrons. The molecule has 0 radical (unpaired) electrons. The van der Waals surface area contributed by atoms with Crippen LogP contribution in [-0.4, -0.2) is 77.9 Å². The van der Waals surface area contributed by atoms with Crippen LogP contribution >= 0.6 is 0 Å². The fourth-order valence-corrected chi connectivity index (χ4v) is 4.15. The first-order chi connectivity index (χ1) is 20.9. The van der Waals surface area contributed by atoms with Crippen molar-refractivity contribution in [2.75, 3.05) is 42.9 Å². The van der Waals surface area contributed by atoms with Gasteiger partial charge in [0.05, 0.1) is 31.0 Å². The van der Waals surface area contributed by atoms with Gasteiger partial charge in [-0.05, 0) is 13.0 Å². The number of hydrogen-bond acceptors (Lipinski definition) is 8. The molecule has 1 aliphatic heterocycles. The van der Waals surface area contributed by atoms with Gasteiger partial charge in [-0.25, -0.2) is 23.5 Å². The lowest BCUT2D eigenvalue weighted by molar-refractivity contribution is -0.366. The molecule has 12 nitrogen and oxygen atoms in total. The summed E-state index contributed by atoms with van der Waals surface area (Å²) in [6.07, 6.45) is -7.37. The Kier molecular flexibility index (Phi) is 10.7. The zero-order valence-corrected chi connectivity index (χ0v) is 23.2. The first-order valence-corrected chi connectivity index (χ1v) is 12.9. The Morgan fingerprint density at radius 1 is 1.04 bits per heavy atom. The third-order valence-corrected chi connectivity index (χ3v) is 6.29. The van der Waals surface area contributed by atoms with Gasteiger partial charge in [0, 0.05) is 43.2 Å². The normalized spacial score (nSPS) is 14.4. The van der Waals surface area contributed by atoms with Gasteiger partial charge in [0.2, 0.25) is 11.9 Å². The van der Waals surface area contributed by atoms with E-state index in [-0.39, 0.29) is 22.5 Å². The van der Waals surface area contributed by atoms with E-state index in [0.717, 1.165) is 6.07 Å². The molecular formula is C25H25F8N7O5. The van der Waals surface area contributed by atoms with Gasteiger partial charge in [0.25, 0.3) is 0 Å². The summed E-state index contributed by atoms with van der Waals surface area (Å²) in [6, 6.07) is -2.54. The molecule has 0 spiro atoms. The number of carbonyl (C=O) groups is 3. The number of halogens is 8. The molecular weight excluding hydrogens is 630 g/mol. The van der Waals surface area contributed by atoms with Crippen molar-refractivity contribution >= 4 is 40.5 Å². The van der Waals surface area contributed by atoms with Crippen LogP contribution in [0.5, 0.6) is 0 Å². The number of urea groups is 1. The lowest BCUT2D eigenvalue weighted by atomic mass is 10.1. The Hall–Kier alpha value is -4.75. The number of rotatable bonds is 6. The van der Waals surface area contributed by atoms with Crippen molar-refractivity contribution in [2.45, 2.75) is 31.7 Å². The number of anilines is 2. The third kappa shape index (κ3) is 8.89. The number of carbonyl (C=O) groups excluding carboxylic acids is 3. The van der Waals surface area contributed by atoms with Crippen molar-refractivity contribution in [1.29, 1.82) is 0 Å². The molecule has 1 fully saturated rings. The predicted molar refractivity (Wildman–Crippen MR) is 136 cm³/mol. The van der Waals surface area contributed by atoms with Gasteiger partial charge < -0.3 is 40.5 Å². The third-order valence-electron chi connectivity index (χ3n) is 6.29. The van der Waals surface area contributed by atoms with Gasteiger partial charge in [-0.15, -0.1) is 0 Å². The number of carboxylic acids is 1. The first kappa shape index (κ1) is 34.7. The molecule has 3 amide bonds. The summed E-state index contributed by atoms with van der Waals surface area (Å²) in [7, 11) is 0. The molecule has 0 bridgehead atoms. The summed E-state index contributed by atoms with van der Waals surface area (Å²) >= 11 is 0. The van der Waals surface area contributed by atoms with Crippen LogP contribution in [0.25, 0.3) is 11.0 Å². The number of aromatic nitrogens is 2. The smallest absolute Gasteiger partial charge is 0.430 e. The minimum absolute atomic E-state index is 0.0193. The maximum absolute atomic E-state index is 14.1. The largest absolute Gasteiger partial charge is 0.542 e. The number of hydrogen-bond donors (Lipinski definition) is 3. The molecule has 0 saturated carbocycles. The molecule has 1 aromatic carbocycles. The number of aliphatic carboxylic acids is 1. The summed E-state index contributed by atoms with van der Waals surface area (Å²) in [4.78, 5) is 45.1. The van der Waals surface area contributed by atoms with E-state index < -0.39 is 53.4 Å². The summed E-state index contributed by atoms with van der Waals surface area (Å²) in [5.41, 5.74) is 2.98. The van der Waals surface area contributed by atoms with Crippen molar-refractivity contribution in [1.82, 2.24) is 20.2 Å². The molecule has 20 heteroatoms. The zero-order valence-electron chi connectivity index (χ0n) is 23.2. The zero-order chi connectivity index (χ0) is 33.7. The number of quaternary nitrogens is 1.